The van der Waals surface area contributed by atoms with E-state index in [-0.39, 0.29) is 5.78 Å². The van der Waals surface area contributed by atoms with Gasteiger partial charge >= 0.3 is 0 Å². The van der Waals surface area contributed by atoms with Crippen LogP contribution in [0.3, 0.4) is 0 Å². The first-order chi connectivity index (χ1) is 11.6. The Morgan fingerprint density at radius 3 is 1.88 bits per heavy atom. The average molecular weight is 315 g/mol. The molecule has 1 N–H and O–H groups in total. The van der Waals surface area contributed by atoms with Gasteiger partial charge < -0.3 is 5.32 Å². The second kappa shape index (κ2) is 7.14. The maximum absolute atomic E-state index is 13.1. The van der Waals surface area contributed by atoms with E-state index < -0.39 is 6.04 Å². The number of anilines is 1. The smallest absolute Gasteiger partial charge is 0.189 e. The molecule has 0 aliphatic rings. The number of hydrogen-bond acceptors (Lipinski definition) is 2. The Labute approximate surface area is 143 Å². The fourth-order valence-electron chi connectivity index (χ4n) is 2.64. The van der Waals surface area contributed by atoms with Crippen LogP contribution in [0, 0.1) is 13.8 Å². The number of Topliss-reactive ketones (excluding diaryl/α,β-unsaturated/α-hetero) is 1. The molecule has 0 amide bonds. The number of nitrogens with one attached hydrogen (secondary N) is 1. The maximum atomic E-state index is 13.1. The van der Waals surface area contributed by atoms with E-state index >= 15 is 0 Å². The predicted molar refractivity (Wildman–Crippen MR) is 99.5 cm³/mol. The summed E-state index contributed by atoms with van der Waals surface area (Å²) in [7, 11) is 0. The zero-order valence-electron chi connectivity index (χ0n) is 14.0. The Balaban J connectivity index is 1.96. The van der Waals surface area contributed by atoms with E-state index in [0.717, 1.165) is 22.4 Å². The molecule has 1 unspecified atom stereocenters. The zero-order chi connectivity index (χ0) is 16.9. The number of carbonyl (C=O) groups excluding carboxylic acids is 1. The fraction of sp³-hybridized carbons (Fsp3) is 0.136. The predicted octanol–water partition coefficient (Wildman–Crippen LogP) is 5.34. The zero-order valence-corrected chi connectivity index (χ0v) is 14.0. The van der Waals surface area contributed by atoms with Gasteiger partial charge in [-0.05, 0) is 31.5 Å². The molecule has 3 aromatic carbocycles. The van der Waals surface area contributed by atoms with Crippen LogP contribution < -0.4 is 5.32 Å². The van der Waals surface area contributed by atoms with E-state index in [1.165, 1.54) is 5.56 Å². The van der Waals surface area contributed by atoms with Gasteiger partial charge in [-0.3, -0.25) is 4.79 Å². The van der Waals surface area contributed by atoms with E-state index in [0.29, 0.717) is 0 Å². The number of rotatable bonds is 5. The van der Waals surface area contributed by atoms with Gasteiger partial charge in [0.2, 0.25) is 0 Å². The molecule has 0 aliphatic carbocycles. The highest BCUT2D eigenvalue weighted by molar-refractivity contribution is 6.02. The summed E-state index contributed by atoms with van der Waals surface area (Å²) in [5, 5.41) is 3.38. The summed E-state index contributed by atoms with van der Waals surface area (Å²) in [5.41, 5.74) is 4.95. The molecule has 120 valence electrons. The fourth-order valence-corrected chi connectivity index (χ4v) is 2.64. The molecular weight excluding hydrogens is 294 g/mol. The third-order valence-electron chi connectivity index (χ3n) is 4.09. The van der Waals surface area contributed by atoms with Crippen LogP contribution in [0.5, 0.6) is 0 Å². The van der Waals surface area contributed by atoms with Crippen molar-refractivity contribution < 1.29 is 4.79 Å². The number of para-hydroxylation sites is 1. The van der Waals surface area contributed by atoms with Crippen LogP contribution in [0.2, 0.25) is 0 Å². The summed E-state index contributed by atoms with van der Waals surface area (Å²) < 4.78 is 0. The van der Waals surface area contributed by atoms with Crippen LogP contribution in [0.1, 0.15) is 33.1 Å². The Morgan fingerprint density at radius 2 is 1.29 bits per heavy atom. The van der Waals surface area contributed by atoms with Gasteiger partial charge in [0.05, 0.1) is 0 Å². The van der Waals surface area contributed by atoms with Gasteiger partial charge in [0, 0.05) is 11.3 Å². The van der Waals surface area contributed by atoms with Crippen molar-refractivity contribution >= 4 is 11.5 Å². The lowest BCUT2D eigenvalue weighted by molar-refractivity contribution is 0.0969. The van der Waals surface area contributed by atoms with E-state index in [1.807, 2.05) is 92.7 Å². The van der Waals surface area contributed by atoms with E-state index in [4.69, 9.17) is 0 Å². The molecule has 0 saturated carbocycles. The minimum absolute atomic E-state index is 0.0720. The quantitative estimate of drug-likeness (QED) is 0.644. The third kappa shape index (κ3) is 3.72. The van der Waals surface area contributed by atoms with Gasteiger partial charge in [0.25, 0.3) is 0 Å². The van der Waals surface area contributed by atoms with E-state index in [2.05, 4.69) is 5.32 Å². The minimum atomic E-state index is -0.407. The average Bonchev–Trinajstić information content (AvgIpc) is 2.62. The number of hydrogen-bond donors (Lipinski definition) is 1. The van der Waals surface area contributed by atoms with Crippen LogP contribution >= 0.6 is 0 Å². The summed E-state index contributed by atoms with van der Waals surface area (Å²) in [6.45, 7) is 4.07. The van der Waals surface area contributed by atoms with Gasteiger partial charge in [-0.25, -0.2) is 0 Å². The number of aryl methyl sites for hydroxylation is 2. The largest absolute Gasteiger partial charge is 0.371 e. The molecule has 0 bridgehead atoms. The highest BCUT2D eigenvalue weighted by Crippen LogP contribution is 2.24. The van der Waals surface area contributed by atoms with Crippen molar-refractivity contribution in [2.75, 3.05) is 5.32 Å². The number of carbonyl (C=O) groups is 1. The minimum Gasteiger partial charge on any atom is -0.371 e. The van der Waals surface area contributed by atoms with Crippen LogP contribution in [0.25, 0.3) is 0 Å². The van der Waals surface area contributed by atoms with Gasteiger partial charge in [-0.1, -0.05) is 77.9 Å². The first kappa shape index (κ1) is 16.0. The first-order valence-corrected chi connectivity index (χ1v) is 8.12. The molecule has 0 heterocycles. The van der Waals surface area contributed by atoms with Crippen LogP contribution in [-0.2, 0) is 0 Å². The van der Waals surface area contributed by atoms with Gasteiger partial charge in [0.1, 0.15) is 6.04 Å². The maximum Gasteiger partial charge on any atom is 0.189 e. The summed E-state index contributed by atoms with van der Waals surface area (Å²) in [6, 6.07) is 25.3. The standard InChI is InChI=1S/C22H21NO/c1-16-8-12-18(13-9-16)21(23-20-6-4-3-5-7-20)22(24)19-14-10-17(2)11-15-19/h3-15,21,23H,1-2H3. The molecular formula is C22H21NO. The topological polar surface area (TPSA) is 29.1 Å². The molecule has 0 aliphatic heterocycles. The lowest BCUT2D eigenvalue weighted by Crippen LogP contribution is -2.21. The number of benzene rings is 3. The molecule has 2 nitrogen and oxygen atoms in total. The van der Waals surface area contributed by atoms with Crippen molar-refractivity contribution in [3.05, 3.63) is 101 Å². The highest BCUT2D eigenvalue weighted by atomic mass is 16.1. The molecule has 0 aromatic heterocycles. The van der Waals surface area contributed by atoms with Crippen molar-refractivity contribution in [3.63, 3.8) is 0 Å². The Bertz CT molecular complexity index is 805. The second-order valence-electron chi connectivity index (χ2n) is 6.08. The molecule has 0 spiro atoms. The summed E-state index contributed by atoms with van der Waals surface area (Å²) in [5.74, 6) is 0.0720. The van der Waals surface area contributed by atoms with E-state index in [9.17, 15) is 4.79 Å². The van der Waals surface area contributed by atoms with Gasteiger partial charge in [-0.15, -0.1) is 0 Å². The van der Waals surface area contributed by atoms with Gasteiger partial charge in [0.15, 0.2) is 5.78 Å². The van der Waals surface area contributed by atoms with Crippen molar-refractivity contribution in [3.8, 4) is 0 Å². The monoisotopic (exact) mass is 315 g/mol. The Hall–Kier alpha value is -2.87. The number of ketones is 1. The van der Waals surface area contributed by atoms with Crippen LogP contribution in [-0.4, -0.2) is 5.78 Å². The SMILES string of the molecule is Cc1ccc(C(=O)C(Nc2ccccc2)c2ccc(C)cc2)cc1. The van der Waals surface area contributed by atoms with Crippen molar-refractivity contribution in [2.45, 2.75) is 19.9 Å². The Kier molecular flexibility index (Phi) is 4.76. The van der Waals surface area contributed by atoms with Crippen LogP contribution in [0.15, 0.2) is 78.9 Å². The molecule has 0 radical (unpaired) electrons. The van der Waals surface area contributed by atoms with Crippen molar-refractivity contribution in [1.29, 1.82) is 0 Å². The molecule has 0 fully saturated rings. The van der Waals surface area contributed by atoms with Crippen LogP contribution in [0.4, 0.5) is 5.69 Å². The molecule has 2 heteroatoms. The summed E-state index contributed by atoms with van der Waals surface area (Å²) >= 11 is 0. The normalized spacial score (nSPS) is 11.8. The highest BCUT2D eigenvalue weighted by Gasteiger charge is 2.21. The summed E-state index contributed by atoms with van der Waals surface area (Å²) in [6.07, 6.45) is 0. The molecule has 24 heavy (non-hydrogen) atoms. The molecule has 1 atom stereocenters. The molecule has 3 aromatic rings. The van der Waals surface area contributed by atoms with E-state index in [1.54, 1.807) is 0 Å². The van der Waals surface area contributed by atoms with Crippen molar-refractivity contribution in [1.82, 2.24) is 0 Å². The third-order valence-corrected chi connectivity index (χ3v) is 4.09. The van der Waals surface area contributed by atoms with Gasteiger partial charge in [-0.2, -0.15) is 0 Å². The molecule has 3 rings (SSSR count). The lowest BCUT2D eigenvalue weighted by atomic mass is 9.96. The summed E-state index contributed by atoms with van der Waals surface area (Å²) in [4.78, 5) is 13.1. The van der Waals surface area contributed by atoms with Crippen molar-refractivity contribution in [2.24, 2.45) is 0 Å². The first-order valence-electron chi connectivity index (χ1n) is 8.12. The molecule has 0 saturated heterocycles. The second-order valence-corrected chi connectivity index (χ2v) is 6.08. The lowest BCUT2D eigenvalue weighted by Gasteiger charge is -2.20. The Morgan fingerprint density at radius 1 is 0.750 bits per heavy atom.